The molecule has 0 spiro atoms. The van der Waals surface area contributed by atoms with Gasteiger partial charge in [-0.1, -0.05) is 6.92 Å². The minimum atomic E-state index is -0.522. The van der Waals surface area contributed by atoms with Crippen molar-refractivity contribution >= 4 is 11.4 Å². The van der Waals surface area contributed by atoms with Crippen LogP contribution in [0.25, 0.3) is 0 Å². The molecular formula is C12H15FN2O3. The lowest BCUT2D eigenvalue weighted by Crippen LogP contribution is -2.35. The zero-order valence-electron chi connectivity index (χ0n) is 10.0. The summed E-state index contributed by atoms with van der Waals surface area (Å²) in [6.07, 6.45) is 0.832. The van der Waals surface area contributed by atoms with Crippen molar-refractivity contribution < 1.29 is 14.4 Å². The highest BCUT2D eigenvalue weighted by atomic mass is 19.1. The maximum Gasteiger partial charge on any atom is 0.292 e. The smallest absolute Gasteiger partial charge is 0.292 e. The van der Waals surface area contributed by atoms with Gasteiger partial charge < -0.3 is 10.0 Å². The van der Waals surface area contributed by atoms with Crippen LogP contribution >= 0.6 is 0 Å². The zero-order chi connectivity index (χ0) is 13.3. The fraction of sp³-hybridized carbons (Fsp3) is 0.500. The summed E-state index contributed by atoms with van der Waals surface area (Å²) in [5.41, 5.74) is 0.132. The molecule has 0 bridgehead atoms. The lowest BCUT2D eigenvalue weighted by Gasteiger charge is -2.26. The maximum absolute atomic E-state index is 13.3. The second-order valence-electron chi connectivity index (χ2n) is 4.60. The summed E-state index contributed by atoms with van der Waals surface area (Å²) in [5.74, 6) is -0.273. The van der Waals surface area contributed by atoms with Crippen LogP contribution in [0.4, 0.5) is 15.8 Å². The molecule has 0 aromatic heterocycles. The van der Waals surface area contributed by atoms with Gasteiger partial charge in [0.05, 0.1) is 17.6 Å². The molecule has 5 nitrogen and oxygen atoms in total. The SMILES string of the molecule is CC1CCN(c2cc(F)ccc2[N+](=O)[O-])C1CO. The van der Waals surface area contributed by atoms with E-state index in [1.165, 1.54) is 12.1 Å². The van der Waals surface area contributed by atoms with Gasteiger partial charge in [-0.3, -0.25) is 10.1 Å². The van der Waals surface area contributed by atoms with Crippen LogP contribution in [0.15, 0.2) is 18.2 Å². The number of nitrogens with zero attached hydrogens (tertiary/aromatic N) is 2. The molecule has 1 heterocycles. The van der Waals surface area contributed by atoms with Crippen molar-refractivity contribution in [1.82, 2.24) is 0 Å². The second kappa shape index (κ2) is 4.89. The van der Waals surface area contributed by atoms with Gasteiger partial charge in [-0.2, -0.15) is 0 Å². The van der Waals surface area contributed by atoms with E-state index in [1.54, 1.807) is 4.90 Å². The van der Waals surface area contributed by atoms with Crippen LogP contribution < -0.4 is 4.90 Å². The number of halogens is 1. The summed E-state index contributed by atoms with van der Waals surface area (Å²) in [6, 6.07) is 3.22. The first-order chi connectivity index (χ1) is 8.54. The number of aliphatic hydroxyl groups is 1. The Balaban J connectivity index is 2.43. The molecule has 18 heavy (non-hydrogen) atoms. The number of hydrogen-bond donors (Lipinski definition) is 1. The van der Waals surface area contributed by atoms with Gasteiger partial charge in [0.25, 0.3) is 5.69 Å². The second-order valence-corrected chi connectivity index (χ2v) is 4.60. The van der Waals surface area contributed by atoms with Crippen LogP contribution in [0.5, 0.6) is 0 Å². The van der Waals surface area contributed by atoms with Crippen LogP contribution in [-0.4, -0.2) is 29.2 Å². The van der Waals surface area contributed by atoms with Gasteiger partial charge in [0.15, 0.2) is 0 Å². The van der Waals surface area contributed by atoms with Crippen molar-refractivity contribution in [2.75, 3.05) is 18.1 Å². The maximum atomic E-state index is 13.3. The number of hydrogen-bond acceptors (Lipinski definition) is 4. The Hall–Kier alpha value is -1.69. The molecule has 0 radical (unpaired) electrons. The van der Waals surface area contributed by atoms with Gasteiger partial charge >= 0.3 is 0 Å². The molecule has 1 fully saturated rings. The number of nitro groups is 1. The molecule has 98 valence electrons. The van der Waals surface area contributed by atoms with Crippen LogP contribution in [-0.2, 0) is 0 Å². The summed E-state index contributed by atoms with van der Waals surface area (Å²) in [4.78, 5) is 12.2. The molecule has 0 amide bonds. The van der Waals surface area contributed by atoms with Crippen LogP contribution in [0.2, 0.25) is 0 Å². The number of aliphatic hydroxyl groups excluding tert-OH is 1. The van der Waals surface area contributed by atoms with E-state index in [-0.39, 0.29) is 29.9 Å². The Morgan fingerprint density at radius 2 is 2.33 bits per heavy atom. The van der Waals surface area contributed by atoms with Crippen molar-refractivity contribution in [2.24, 2.45) is 5.92 Å². The zero-order valence-corrected chi connectivity index (χ0v) is 10.0. The predicted octanol–water partition coefficient (Wildman–Crippen LogP) is 1.94. The van der Waals surface area contributed by atoms with Crippen LogP contribution in [0.3, 0.4) is 0 Å². The summed E-state index contributed by atoms with van der Waals surface area (Å²) in [6.45, 7) is 2.48. The lowest BCUT2D eigenvalue weighted by atomic mass is 10.0. The van der Waals surface area contributed by atoms with Crippen molar-refractivity contribution in [2.45, 2.75) is 19.4 Å². The van der Waals surface area contributed by atoms with Gasteiger partial charge in [-0.25, -0.2) is 4.39 Å². The largest absolute Gasteiger partial charge is 0.394 e. The first kappa shape index (κ1) is 12.8. The van der Waals surface area contributed by atoms with Gasteiger partial charge in [-0.05, 0) is 18.4 Å². The third-order valence-electron chi connectivity index (χ3n) is 3.51. The summed E-state index contributed by atoms with van der Waals surface area (Å²) in [5, 5.41) is 20.3. The van der Waals surface area contributed by atoms with E-state index >= 15 is 0 Å². The van der Waals surface area contributed by atoms with Crippen molar-refractivity contribution in [3.63, 3.8) is 0 Å². The summed E-state index contributed by atoms with van der Waals surface area (Å²) >= 11 is 0. The number of rotatable bonds is 3. The van der Waals surface area contributed by atoms with Crippen LogP contribution in [0.1, 0.15) is 13.3 Å². The van der Waals surface area contributed by atoms with Gasteiger partial charge in [0.1, 0.15) is 11.5 Å². The molecule has 1 aliphatic heterocycles. The van der Waals surface area contributed by atoms with Crippen molar-refractivity contribution in [3.8, 4) is 0 Å². The van der Waals surface area contributed by atoms with Gasteiger partial charge in [0.2, 0.25) is 0 Å². The minimum absolute atomic E-state index is 0.0885. The highest BCUT2D eigenvalue weighted by molar-refractivity contribution is 5.64. The molecule has 2 atom stereocenters. The van der Waals surface area contributed by atoms with E-state index in [1.807, 2.05) is 6.92 Å². The first-order valence-electron chi connectivity index (χ1n) is 5.86. The Labute approximate surface area is 104 Å². The van der Waals surface area contributed by atoms with E-state index < -0.39 is 10.7 Å². The average Bonchev–Trinajstić information content (AvgIpc) is 2.69. The fourth-order valence-electron chi connectivity index (χ4n) is 2.47. The van der Waals surface area contributed by atoms with E-state index in [4.69, 9.17) is 0 Å². The monoisotopic (exact) mass is 254 g/mol. The number of benzene rings is 1. The Kier molecular flexibility index (Phi) is 3.47. The molecule has 1 aromatic rings. The lowest BCUT2D eigenvalue weighted by molar-refractivity contribution is -0.384. The van der Waals surface area contributed by atoms with Gasteiger partial charge in [-0.15, -0.1) is 0 Å². The molecule has 2 unspecified atom stereocenters. The highest BCUT2D eigenvalue weighted by Crippen LogP contribution is 2.35. The third-order valence-corrected chi connectivity index (χ3v) is 3.51. The Morgan fingerprint density at radius 3 is 2.94 bits per heavy atom. The molecule has 1 aromatic carbocycles. The molecule has 1 N–H and O–H groups in total. The van der Waals surface area contributed by atoms with E-state index in [0.717, 1.165) is 12.5 Å². The van der Waals surface area contributed by atoms with Gasteiger partial charge in [0, 0.05) is 18.7 Å². The van der Waals surface area contributed by atoms with E-state index in [9.17, 15) is 19.6 Å². The summed E-state index contributed by atoms with van der Waals surface area (Å²) < 4.78 is 13.3. The molecular weight excluding hydrogens is 239 g/mol. The average molecular weight is 254 g/mol. The Morgan fingerprint density at radius 1 is 1.61 bits per heavy atom. The van der Waals surface area contributed by atoms with Crippen LogP contribution in [0, 0.1) is 21.8 Å². The predicted molar refractivity (Wildman–Crippen MR) is 65.1 cm³/mol. The Bertz CT molecular complexity index is 467. The van der Waals surface area contributed by atoms with Crippen molar-refractivity contribution in [3.05, 3.63) is 34.1 Å². The molecule has 1 aliphatic rings. The topological polar surface area (TPSA) is 66.6 Å². The standard InChI is InChI=1S/C12H15FN2O3/c1-8-4-5-14(12(8)7-16)11-6-9(13)2-3-10(11)15(17)18/h2-3,6,8,12,16H,4-5,7H2,1H3. The first-order valence-corrected chi connectivity index (χ1v) is 5.86. The quantitative estimate of drug-likeness (QED) is 0.661. The fourth-order valence-corrected chi connectivity index (χ4v) is 2.47. The molecule has 0 saturated carbocycles. The molecule has 6 heteroatoms. The highest BCUT2D eigenvalue weighted by Gasteiger charge is 2.34. The molecule has 1 saturated heterocycles. The van der Waals surface area contributed by atoms with E-state index in [0.29, 0.717) is 6.54 Å². The minimum Gasteiger partial charge on any atom is -0.394 e. The number of anilines is 1. The number of nitro benzene ring substituents is 1. The normalized spacial score (nSPS) is 23.4. The van der Waals surface area contributed by atoms with Crippen molar-refractivity contribution in [1.29, 1.82) is 0 Å². The summed E-state index contributed by atoms with van der Waals surface area (Å²) in [7, 11) is 0. The van der Waals surface area contributed by atoms with E-state index in [2.05, 4.69) is 0 Å². The molecule has 2 rings (SSSR count). The third kappa shape index (κ3) is 2.15. The molecule has 0 aliphatic carbocycles.